The van der Waals surface area contributed by atoms with Gasteiger partial charge in [-0.1, -0.05) is 18.2 Å². The van der Waals surface area contributed by atoms with Crippen molar-refractivity contribution in [1.29, 1.82) is 0 Å². The van der Waals surface area contributed by atoms with Gasteiger partial charge in [-0.15, -0.1) is 29.4 Å². The molecule has 0 aliphatic carbocycles. The second kappa shape index (κ2) is 95.4. The molecule has 0 unspecified atom stereocenters. The van der Waals surface area contributed by atoms with Crippen molar-refractivity contribution in [3.8, 4) is 0 Å². The summed E-state index contributed by atoms with van der Waals surface area (Å²) in [7, 11) is 0. The summed E-state index contributed by atoms with van der Waals surface area (Å²) >= 11 is 0. The Kier molecular flexibility index (Phi) is 169. The van der Waals surface area contributed by atoms with Gasteiger partial charge < -0.3 is 43.5 Å². The fraction of sp³-hybridized carbons (Fsp3) is 0. The zero-order valence-corrected chi connectivity index (χ0v) is 13.6. The number of para-hydroxylation sites is 1. The van der Waals surface area contributed by atoms with Crippen LogP contribution in [0.1, 0.15) is 0 Å². The molecular formula is C6H19N9O13. The van der Waals surface area contributed by atoms with Gasteiger partial charge in [0.2, 0.25) is 0 Å². The van der Waals surface area contributed by atoms with Gasteiger partial charge in [-0.25, -0.2) is 0 Å². The fourth-order valence-electron chi connectivity index (χ4n) is 0.513. The third-order valence-electron chi connectivity index (χ3n) is 0.903. The fourth-order valence-corrected chi connectivity index (χ4v) is 0.513. The summed E-state index contributed by atoms with van der Waals surface area (Å²) in [5.41, 5.74) is 2.74. The van der Waals surface area contributed by atoms with Gasteiger partial charge in [0.25, 0.3) is 0 Å². The lowest BCUT2D eigenvalue weighted by Crippen LogP contribution is -1.85. The van der Waals surface area contributed by atoms with Crippen molar-refractivity contribution in [2.75, 3.05) is 5.48 Å². The standard InChI is InChI=1S/C6H7NO.6HNO2.2H3N/c8-7-6-4-2-1-3-5-6;6*2-1-3;;/h1-5,7-8H;6*(H,2,3);2*1H3. The van der Waals surface area contributed by atoms with E-state index in [9.17, 15) is 0 Å². The first kappa shape index (κ1) is 49.5. The number of hydrogen-bond acceptors (Lipinski definition) is 16. The molecule has 22 heteroatoms. The third-order valence-corrected chi connectivity index (χ3v) is 0.903. The summed E-state index contributed by atoms with van der Waals surface area (Å²) < 4.78 is 0. The molecule has 0 aromatic heterocycles. The van der Waals surface area contributed by atoms with Crippen molar-refractivity contribution >= 4 is 5.69 Å². The Morgan fingerprint density at radius 1 is 0.536 bits per heavy atom. The minimum Gasteiger partial charge on any atom is -0.379 e. The Labute approximate surface area is 153 Å². The summed E-state index contributed by atoms with van der Waals surface area (Å²) in [4.78, 5) is 48.7. The molecule has 1 rings (SSSR count). The molecule has 0 heterocycles. The normalized spacial score (nSPS) is 5.04. The minimum absolute atomic E-state index is 0. The van der Waals surface area contributed by atoms with Gasteiger partial charge in [0, 0.05) is 0 Å². The first-order valence-corrected chi connectivity index (χ1v) is 4.68. The Bertz CT molecular complexity index is 351. The summed E-state index contributed by atoms with van der Waals surface area (Å²) in [6.07, 6.45) is 0. The number of rotatable bonds is 1. The van der Waals surface area contributed by atoms with Crippen LogP contribution in [0.25, 0.3) is 0 Å². The van der Waals surface area contributed by atoms with E-state index in [4.69, 9.17) is 65.9 Å². The van der Waals surface area contributed by atoms with E-state index >= 15 is 0 Å². The van der Waals surface area contributed by atoms with E-state index in [1.165, 1.54) is 32.0 Å². The largest absolute Gasteiger partial charge is 0.379 e. The van der Waals surface area contributed by atoms with E-state index < -0.39 is 0 Å². The van der Waals surface area contributed by atoms with E-state index in [0.29, 0.717) is 5.69 Å². The van der Waals surface area contributed by atoms with Crippen LogP contribution < -0.4 is 17.8 Å². The predicted molar refractivity (Wildman–Crippen MR) is 87.4 cm³/mol. The highest BCUT2D eigenvalue weighted by molar-refractivity contribution is 5.39. The maximum atomic E-state index is 8.29. The van der Waals surface area contributed by atoms with Crippen molar-refractivity contribution in [3.05, 3.63) is 59.8 Å². The molecule has 0 radical (unpaired) electrons. The Balaban J connectivity index is -0.0000000293. The molecule has 0 aliphatic heterocycles. The van der Waals surface area contributed by atoms with E-state index in [1.54, 1.807) is 12.1 Å². The first-order valence-electron chi connectivity index (χ1n) is 4.68. The van der Waals surface area contributed by atoms with Gasteiger partial charge in [0.1, 0.15) is 0 Å². The Morgan fingerprint density at radius 2 is 0.714 bits per heavy atom. The summed E-state index contributed by atoms with van der Waals surface area (Å²) in [5, 5.41) is 55.6. The van der Waals surface area contributed by atoms with Crippen LogP contribution in [0.5, 0.6) is 0 Å². The van der Waals surface area contributed by atoms with Crippen molar-refractivity contribution < 1.29 is 36.5 Å². The quantitative estimate of drug-likeness (QED) is 0.228. The van der Waals surface area contributed by atoms with Crippen molar-refractivity contribution in [3.63, 3.8) is 0 Å². The van der Waals surface area contributed by atoms with E-state index in [-0.39, 0.29) is 12.3 Å². The maximum Gasteiger partial charge on any atom is 0.152 e. The molecule has 14 N–H and O–H groups in total. The lowest BCUT2D eigenvalue weighted by Gasteiger charge is -1.92. The first-order chi connectivity index (χ1) is 12.4. The van der Waals surface area contributed by atoms with Crippen LogP contribution in [-0.4, -0.2) is 36.5 Å². The Morgan fingerprint density at radius 3 is 0.821 bits per heavy atom. The summed E-state index contributed by atoms with van der Waals surface area (Å²) in [5.74, 6) is 0. The molecular weight excluding hydrogens is 406 g/mol. The molecule has 22 nitrogen and oxygen atoms in total. The molecule has 166 valence electrons. The van der Waals surface area contributed by atoms with Gasteiger partial charge in [0.15, 0.2) is 32.0 Å². The van der Waals surface area contributed by atoms with Crippen LogP contribution in [0, 0.1) is 29.4 Å². The van der Waals surface area contributed by atoms with Gasteiger partial charge in [0.05, 0.1) is 5.69 Å². The molecule has 0 spiro atoms. The topological polar surface area (TPSA) is 400 Å². The van der Waals surface area contributed by atoms with Gasteiger partial charge in [-0.05, 0) is 12.1 Å². The second-order valence-corrected chi connectivity index (χ2v) is 1.97. The number of nitrogens with zero attached hydrogens (tertiary/aromatic N) is 6. The summed E-state index contributed by atoms with van der Waals surface area (Å²) in [6.45, 7) is 0. The molecule has 0 saturated carbocycles. The highest BCUT2D eigenvalue weighted by Crippen LogP contribution is 2.01. The van der Waals surface area contributed by atoms with Gasteiger partial charge in [-0.2, -0.15) is 0 Å². The minimum atomic E-state index is 0. The molecule has 0 atom stereocenters. The maximum absolute atomic E-state index is 8.29. The molecule has 1 aromatic rings. The van der Waals surface area contributed by atoms with Crippen LogP contribution in [0.3, 0.4) is 0 Å². The highest BCUT2D eigenvalue weighted by Gasteiger charge is 1.79. The van der Waals surface area contributed by atoms with E-state index in [1.807, 2.05) is 23.7 Å². The number of anilines is 1. The van der Waals surface area contributed by atoms with Crippen molar-refractivity contribution in [2.45, 2.75) is 0 Å². The van der Waals surface area contributed by atoms with Gasteiger partial charge >= 0.3 is 0 Å². The van der Waals surface area contributed by atoms with Crippen LogP contribution in [-0.2, 0) is 0 Å². The molecule has 0 amide bonds. The number of hydrogen-bond donors (Lipinski definition) is 10. The average Bonchev–Trinajstić information content (AvgIpc) is 2.60. The van der Waals surface area contributed by atoms with Crippen LogP contribution in [0.4, 0.5) is 5.69 Å². The molecule has 0 fully saturated rings. The molecule has 0 aliphatic rings. The van der Waals surface area contributed by atoms with E-state index in [2.05, 4.69) is 0 Å². The zero-order valence-electron chi connectivity index (χ0n) is 13.6. The number of nitrogens with one attached hydrogen (secondary N) is 1. The monoisotopic (exact) mass is 425 g/mol. The smallest absolute Gasteiger partial charge is 0.152 e. The van der Waals surface area contributed by atoms with Crippen LogP contribution in [0.2, 0.25) is 0 Å². The second-order valence-electron chi connectivity index (χ2n) is 1.97. The molecule has 0 bridgehead atoms. The summed E-state index contributed by atoms with van der Waals surface area (Å²) in [6, 6.07) is 9.14. The molecule has 1 aromatic carbocycles. The van der Waals surface area contributed by atoms with Crippen LogP contribution >= 0.6 is 0 Å². The van der Waals surface area contributed by atoms with Crippen molar-refractivity contribution in [2.24, 2.45) is 32.0 Å². The zero-order chi connectivity index (χ0) is 22.1. The Hall–Kier alpha value is -4.70. The molecule has 0 saturated heterocycles. The predicted octanol–water partition coefficient (Wildman–Crippen LogP) is 2.66. The number of benzene rings is 1. The average molecular weight is 425 g/mol. The van der Waals surface area contributed by atoms with Crippen molar-refractivity contribution in [1.82, 2.24) is 12.3 Å². The third kappa shape index (κ3) is 312. The lowest BCUT2D eigenvalue weighted by atomic mass is 10.3. The van der Waals surface area contributed by atoms with Gasteiger partial charge in [-0.3, -0.25) is 10.7 Å². The lowest BCUT2D eigenvalue weighted by molar-refractivity contribution is 0.312. The van der Waals surface area contributed by atoms with E-state index in [0.717, 1.165) is 0 Å². The molecule has 28 heavy (non-hydrogen) atoms. The van der Waals surface area contributed by atoms with Crippen LogP contribution in [0.15, 0.2) is 62.4 Å². The highest BCUT2D eigenvalue weighted by atomic mass is 16.6. The SMILES string of the molecule is N.N.O=NO.O=NO.O=NO.O=NO.O=NO.O=NO.ONc1ccccc1.